The largest absolute Gasteiger partial charge is 0.481 e. The second-order valence-electron chi connectivity index (χ2n) is 5.85. The third-order valence-electron chi connectivity index (χ3n) is 4.11. The average Bonchev–Trinajstić information content (AvgIpc) is 2.79. The molecule has 0 bridgehead atoms. The average molecular weight is 292 g/mol. The highest BCUT2D eigenvalue weighted by atomic mass is 16.4. The van der Waals surface area contributed by atoms with Crippen LogP contribution in [0.4, 0.5) is 0 Å². The molecule has 2 atom stereocenters. The van der Waals surface area contributed by atoms with Crippen LogP contribution in [0.3, 0.4) is 0 Å². The van der Waals surface area contributed by atoms with Crippen molar-refractivity contribution in [3.05, 3.63) is 24.3 Å². The van der Waals surface area contributed by atoms with Crippen LogP contribution in [-0.4, -0.2) is 16.9 Å². The van der Waals surface area contributed by atoms with Crippen molar-refractivity contribution in [1.29, 1.82) is 0 Å². The van der Waals surface area contributed by atoms with Gasteiger partial charge in [0.05, 0.1) is 0 Å². The van der Waals surface area contributed by atoms with E-state index in [-0.39, 0.29) is 18.1 Å². The second-order valence-corrected chi connectivity index (χ2v) is 5.85. The summed E-state index contributed by atoms with van der Waals surface area (Å²) in [5.74, 6) is 0.132. The van der Waals surface area contributed by atoms with E-state index < -0.39 is 5.97 Å². The normalized spacial score (nSPS) is 21.5. The van der Waals surface area contributed by atoms with E-state index in [0.29, 0.717) is 5.92 Å². The van der Waals surface area contributed by atoms with E-state index in [9.17, 15) is 9.59 Å². The van der Waals surface area contributed by atoms with Gasteiger partial charge in [-0.25, -0.2) is 0 Å². The summed E-state index contributed by atoms with van der Waals surface area (Å²) < 4.78 is 0. The minimum Gasteiger partial charge on any atom is -0.481 e. The Bertz CT molecular complexity index is 382. The van der Waals surface area contributed by atoms with Gasteiger partial charge in [-0.2, -0.15) is 0 Å². The minimum absolute atomic E-state index is 0.153. The lowest BCUT2D eigenvalue weighted by Crippen LogP contribution is -2.15. The summed E-state index contributed by atoms with van der Waals surface area (Å²) in [5, 5.41) is 8.56. The van der Waals surface area contributed by atoms with Crippen LogP contribution in [0, 0.1) is 11.8 Å². The Labute approximate surface area is 128 Å². The topological polar surface area (TPSA) is 54.4 Å². The highest BCUT2D eigenvalue weighted by Crippen LogP contribution is 2.30. The number of carbonyl (C=O) groups is 2. The Morgan fingerprint density at radius 1 is 1.19 bits per heavy atom. The van der Waals surface area contributed by atoms with Crippen molar-refractivity contribution >= 4 is 11.8 Å². The van der Waals surface area contributed by atoms with Crippen LogP contribution < -0.4 is 0 Å². The number of unbranched alkanes of at least 4 members (excludes halogenated alkanes) is 4. The summed E-state index contributed by atoms with van der Waals surface area (Å²) in [6, 6.07) is 0. The van der Waals surface area contributed by atoms with E-state index in [2.05, 4.69) is 25.2 Å². The summed E-state index contributed by atoms with van der Waals surface area (Å²) in [4.78, 5) is 22.2. The highest BCUT2D eigenvalue weighted by molar-refractivity contribution is 5.94. The predicted molar refractivity (Wildman–Crippen MR) is 85.1 cm³/mol. The molecule has 21 heavy (non-hydrogen) atoms. The minimum atomic E-state index is -0.701. The maximum atomic E-state index is 11.8. The fourth-order valence-corrected chi connectivity index (χ4v) is 2.87. The number of rotatable bonds is 11. The number of carbonyl (C=O) groups excluding carboxylic acids is 1. The summed E-state index contributed by atoms with van der Waals surface area (Å²) in [6.07, 6.45) is 16.5. The van der Waals surface area contributed by atoms with Gasteiger partial charge in [-0.15, -0.1) is 0 Å². The monoisotopic (exact) mass is 292 g/mol. The van der Waals surface area contributed by atoms with Crippen LogP contribution in [-0.2, 0) is 9.59 Å². The number of carboxylic acids is 1. The molecule has 1 aliphatic rings. The first kappa shape index (κ1) is 17.7. The maximum Gasteiger partial charge on any atom is 0.303 e. The molecule has 0 fully saturated rings. The molecule has 118 valence electrons. The van der Waals surface area contributed by atoms with Gasteiger partial charge in [0.15, 0.2) is 5.78 Å². The zero-order valence-electron chi connectivity index (χ0n) is 13.1. The van der Waals surface area contributed by atoms with Crippen LogP contribution >= 0.6 is 0 Å². The van der Waals surface area contributed by atoms with E-state index in [4.69, 9.17) is 5.11 Å². The van der Waals surface area contributed by atoms with Crippen molar-refractivity contribution in [2.45, 2.75) is 64.7 Å². The summed E-state index contributed by atoms with van der Waals surface area (Å²) in [7, 11) is 0. The van der Waals surface area contributed by atoms with Gasteiger partial charge in [0, 0.05) is 12.3 Å². The first-order chi connectivity index (χ1) is 10.1. The molecule has 0 aromatic rings. The summed E-state index contributed by atoms with van der Waals surface area (Å²) in [6.45, 7) is 2.10. The van der Waals surface area contributed by atoms with Crippen LogP contribution in [0.15, 0.2) is 24.3 Å². The molecule has 0 radical (unpaired) electrons. The van der Waals surface area contributed by atoms with Crippen LogP contribution in [0.25, 0.3) is 0 Å². The molecule has 3 heteroatoms. The molecule has 0 heterocycles. The Hall–Kier alpha value is -1.38. The first-order valence-corrected chi connectivity index (χ1v) is 8.24. The molecule has 0 aromatic heterocycles. The van der Waals surface area contributed by atoms with Gasteiger partial charge in [-0.3, -0.25) is 9.59 Å². The lowest BCUT2D eigenvalue weighted by Gasteiger charge is -2.16. The molecular formula is C18H28O3. The number of ketones is 1. The predicted octanol–water partition coefficient (Wildman–Crippen LogP) is 4.53. The van der Waals surface area contributed by atoms with Crippen molar-refractivity contribution in [2.24, 2.45) is 11.8 Å². The van der Waals surface area contributed by atoms with Gasteiger partial charge in [-0.05, 0) is 37.7 Å². The van der Waals surface area contributed by atoms with Crippen molar-refractivity contribution in [2.75, 3.05) is 0 Å². The number of hydrogen-bond donors (Lipinski definition) is 1. The Morgan fingerprint density at radius 2 is 1.90 bits per heavy atom. The standard InChI is InChI=1S/C18H28O3/c1-2-3-7-11-16-15(13-14-17(16)19)10-8-5-4-6-9-12-18(20)21/h3,7,13-16H,2,4-6,8-12H2,1H3,(H,20,21)/b7-3-/t15-,16+/m0/s1. The molecule has 1 N–H and O–H groups in total. The maximum absolute atomic E-state index is 11.8. The summed E-state index contributed by atoms with van der Waals surface area (Å²) >= 11 is 0. The third kappa shape index (κ3) is 7.26. The van der Waals surface area contributed by atoms with E-state index in [1.807, 2.05) is 0 Å². The SMILES string of the molecule is CC/C=C\C[C@H]1C(=O)C=C[C@@H]1CCCCCCCC(=O)O. The zero-order valence-corrected chi connectivity index (χ0v) is 13.1. The van der Waals surface area contributed by atoms with Gasteiger partial charge in [0.1, 0.15) is 0 Å². The molecule has 0 saturated carbocycles. The van der Waals surface area contributed by atoms with Gasteiger partial charge in [0.25, 0.3) is 0 Å². The van der Waals surface area contributed by atoms with Gasteiger partial charge in [0.2, 0.25) is 0 Å². The molecule has 0 aliphatic heterocycles. The zero-order chi connectivity index (χ0) is 15.5. The van der Waals surface area contributed by atoms with E-state index in [1.165, 1.54) is 0 Å². The smallest absolute Gasteiger partial charge is 0.303 e. The number of aliphatic carboxylic acids is 1. The van der Waals surface area contributed by atoms with Gasteiger partial charge < -0.3 is 5.11 Å². The van der Waals surface area contributed by atoms with Gasteiger partial charge in [-0.1, -0.05) is 50.8 Å². The molecule has 3 nitrogen and oxygen atoms in total. The Kier molecular flexibility index (Phi) is 8.72. The van der Waals surface area contributed by atoms with Crippen LogP contribution in [0.2, 0.25) is 0 Å². The molecule has 0 unspecified atom stereocenters. The summed E-state index contributed by atoms with van der Waals surface area (Å²) in [5.41, 5.74) is 0. The molecular weight excluding hydrogens is 264 g/mol. The molecule has 0 aromatic carbocycles. The van der Waals surface area contributed by atoms with Gasteiger partial charge >= 0.3 is 5.97 Å². The fraction of sp³-hybridized carbons (Fsp3) is 0.667. The quantitative estimate of drug-likeness (QED) is 0.449. The fourth-order valence-electron chi connectivity index (χ4n) is 2.87. The molecule has 1 aliphatic carbocycles. The molecule has 1 rings (SSSR count). The first-order valence-electron chi connectivity index (χ1n) is 8.24. The van der Waals surface area contributed by atoms with Crippen molar-refractivity contribution in [3.63, 3.8) is 0 Å². The Morgan fingerprint density at radius 3 is 2.62 bits per heavy atom. The van der Waals surface area contributed by atoms with E-state index in [0.717, 1.165) is 51.4 Å². The van der Waals surface area contributed by atoms with E-state index >= 15 is 0 Å². The second kappa shape index (κ2) is 10.4. The molecule has 0 amide bonds. The lowest BCUT2D eigenvalue weighted by atomic mass is 9.87. The number of carboxylic acid groups (broad SMARTS) is 1. The van der Waals surface area contributed by atoms with Crippen LogP contribution in [0.1, 0.15) is 64.7 Å². The van der Waals surface area contributed by atoms with Crippen molar-refractivity contribution in [1.82, 2.24) is 0 Å². The molecule has 0 spiro atoms. The third-order valence-corrected chi connectivity index (χ3v) is 4.11. The van der Waals surface area contributed by atoms with E-state index in [1.54, 1.807) is 6.08 Å². The number of allylic oxidation sites excluding steroid dienone is 4. The van der Waals surface area contributed by atoms with Crippen molar-refractivity contribution < 1.29 is 14.7 Å². The lowest BCUT2D eigenvalue weighted by molar-refractivity contribution is -0.137. The highest BCUT2D eigenvalue weighted by Gasteiger charge is 2.28. The molecule has 0 saturated heterocycles. The van der Waals surface area contributed by atoms with Crippen LogP contribution in [0.5, 0.6) is 0 Å². The Balaban J connectivity index is 2.15. The number of hydrogen-bond acceptors (Lipinski definition) is 2. The van der Waals surface area contributed by atoms with Crippen molar-refractivity contribution in [3.8, 4) is 0 Å².